The first-order valence-electron chi connectivity index (χ1n) is 3.42. The monoisotopic (exact) mass is 168 g/mol. The van der Waals surface area contributed by atoms with Gasteiger partial charge in [-0.2, -0.15) is 0 Å². The van der Waals surface area contributed by atoms with Gasteiger partial charge in [0.2, 0.25) is 0 Å². The lowest BCUT2D eigenvalue weighted by Gasteiger charge is -1.85. The molecule has 0 radical (unpaired) electrons. The highest BCUT2D eigenvalue weighted by Gasteiger charge is 1.77. The molecule has 0 aliphatic heterocycles. The standard InChI is InChI=1S/C6H8N2.C2H4O2/c1-5-2-3-8-6(7)4-5;1-2(3)4/h2-4H,1H3,(H2,7,8);1H3,(H,3,4). The Hall–Kier alpha value is -1.58. The van der Waals surface area contributed by atoms with Crippen molar-refractivity contribution in [2.75, 3.05) is 0 Å². The van der Waals surface area contributed by atoms with E-state index in [1.54, 1.807) is 12.3 Å². The molecule has 0 saturated carbocycles. The first-order chi connectivity index (χ1) is 5.52. The summed E-state index contributed by atoms with van der Waals surface area (Å²) in [4.78, 5) is 11.7. The maximum Gasteiger partial charge on any atom is 0.300 e. The van der Waals surface area contributed by atoms with E-state index in [1.807, 2.05) is 13.0 Å². The number of rotatable bonds is 0. The van der Waals surface area contributed by atoms with Crippen molar-refractivity contribution in [2.45, 2.75) is 13.8 Å². The Bertz CT molecular complexity index is 300. The average molecular weight is 168 g/mol. The van der Waals surface area contributed by atoms with Gasteiger partial charge in [-0.1, -0.05) is 0 Å². The van der Waals surface area contributed by atoms with Crippen LogP contribution in [-0.4, -0.2) is 16.1 Å². The highest BCUT2D eigenvalue weighted by Crippen LogP contribution is 1.84. The molecule has 0 aliphatic carbocycles. The third kappa shape index (κ3) is 6.54. The zero-order valence-corrected chi connectivity index (χ0v) is 7.09. The summed E-state index contributed by atoms with van der Waals surface area (Å²) in [6.45, 7) is 3.05. The van der Waals surface area contributed by atoms with Gasteiger partial charge in [-0.3, -0.25) is 10.2 Å². The number of aromatic amines is 1. The van der Waals surface area contributed by atoms with Gasteiger partial charge >= 0.3 is 0 Å². The summed E-state index contributed by atoms with van der Waals surface area (Å²) >= 11 is 0. The number of nitrogens with one attached hydrogen (secondary N) is 2. The lowest BCUT2D eigenvalue weighted by Crippen LogP contribution is -2.01. The molecule has 0 unspecified atom stereocenters. The molecule has 66 valence electrons. The molecule has 1 aromatic heterocycles. The molecular formula is C8H12N2O2. The van der Waals surface area contributed by atoms with Crippen molar-refractivity contribution in [2.24, 2.45) is 0 Å². The summed E-state index contributed by atoms with van der Waals surface area (Å²) in [5.41, 5.74) is 1.58. The number of carboxylic acid groups (broad SMARTS) is 1. The maximum atomic E-state index is 9.00. The van der Waals surface area contributed by atoms with Crippen LogP contribution in [0.5, 0.6) is 0 Å². The molecule has 1 rings (SSSR count). The van der Waals surface area contributed by atoms with E-state index >= 15 is 0 Å². The van der Waals surface area contributed by atoms with Gasteiger partial charge in [-0.15, -0.1) is 0 Å². The molecule has 4 nitrogen and oxygen atoms in total. The molecule has 12 heavy (non-hydrogen) atoms. The van der Waals surface area contributed by atoms with Crippen LogP contribution in [0.3, 0.4) is 0 Å². The number of aliphatic carboxylic acids is 1. The van der Waals surface area contributed by atoms with E-state index in [0.717, 1.165) is 12.5 Å². The van der Waals surface area contributed by atoms with Crippen LogP contribution in [0.25, 0.3) is 0 Å². The Labute approximate surface area is 70.4 Å². The van der Waals surface area contributed by atoms with Crippen LogP contribution in [0.2, 0.25) is 0 Å². The highest BCUT2D eigenvalue weighted by atomic mass is 16.4. The fraction of sp³-hybridized carbons (Fsp3) is 0.250. The van der Waals surface area contributed by atoms with Gasteiger partial charge in [-0.25, -0.2) is 0 Å². The molecule has 1 aromatic rings. The number of pyridine rings is 1. The van der Waals surface area contributed by atoms with Crippen molar-refractivity contribution in [1.29, 1.82) is 5.41 Å². The molecule has 0 atom stereocenters. The van der Waals surface area contributed by atoms with Crippen molar-refractivity contribution in [1.82, 2.24) is 4.98 Å². The molecule has 3 N–H and O–H groups in total. The molecule has 0 aliphatic rings. The van der Waals surface area contributed by atoms with Crippen LogP contribution >= 0.6 is 0 Å². The van der Waals surface area contributed by atoms with E-state index < -0.39 is 5.97 Å². The topological polar surface area (TPSA) is 76.9 Å². The average Bonchev–Trinajstić information content (AvgIpc) is 1.84. The van der Waals surface area contributed by atoms with Crippen molar-refractivity contribution in [3.63, 3.8) is 0 Å². The van der Waals surface area contributed by atoms with Crippen molar-refractivity contribution >= 4 is 5.97 Å². The van der Waals surface area contributed by atoms with E-state index in [2.05, 4.69) is 4.98 Å². The SMILES string of the molecule is CC(=O)O.Cc1cc[nH]c(=N)c1. The zero-order valence-electron chi connectivity index (χ0n) is 7.09. The third-order valence-electron chi connectivity index (χ3n) is 0.957. The minimum atomic E-state index is -0.833. The minimum Gasteiger partial charge on any atom is -0.481 e. The summed E-state index contributed by atoms with van der Waals surface area (Å²) < 4.78 is 0. The van der Waals surface area contributed by atoms with Crippen molar-refractivity contribution in [3.05, 3.63) is 29.4 Å². The van der Waals surface area contributed by atoms with Crippen LogP contribution in [0.1, 0.15) is 12.5 Å². The fourth-order valence-electron chi connectivity index (χ4n) is 0.580. The largest absolute Gasteiger partial charge is 0.481 e. The Morgan fingerprint density at radius 2 is 2.17 bits per heavy atom. The molecule has 1 heterocycles. The number of aromatic nitrogens is 1. The molecule has 0 fully saturated rings. The molecule has 0 saturated heterocycles. The maximum absolute atomic E-state index is 9.00. The Kier molecular flexibility index (Phi) is 4.45. The van der Waals surface area contributed by atoms with E-state index in [9.17, 15) is 0 Å². The summed E-state index contributed by atoms with van der Waals surface area (Å²) in [6, 6.07) is 3.71. The molecule has 0 aromatic carbocycles. The molecule has 0 amide bonds. The van der Waals surface area contributed by atoms with Crippen molar-refractivity contribution in [3.8, 4) is 0 Å². The fourth-order valence-corrected chi connectivity index (χ4v) is 0.580. The number of carboxylic acids is 1. The highest BCUT2D eigenvalue weighted by molar-refractivity contribution is 5.62. The van der Waals surface area contributed by atoms with Gasteiger partial charge < -0.3 is 10.1 Å². The summed E-state index contributed by atoms with van der Waals surface area (Å²) in [7, 11) is 0. The number of aryl methyl sites for hydroxylation is 1. The zero-order chi connectivity index (χ0) is 9.56. The number of hydrogen-bond donors (Lipinski definition) is 3. The van der Waals surface area contributed by atoms with Crippen LogP contribution in [-0.2, 0) is 4.79 Å². The quantitative estimate of drug-likeness (QED) is 0.538. The van der Waals surface area contributed by atoms with Gasteiger partial charge in [0, 0.05) is 13.1 Å². The second-order valence-electron chi connectivity index (χ2n) is 2.30. The molecule has 0 bridgehead atoms. The third-order valence-corrected chi connectivity index (χ3v) is 0.957. The number of carbonyl (C=O) groups is 1. The first kappa shape index (κ1) is 10.4. The Morgan fingerprint density at radius 1 is 1.67 bits per heavy atom. The van der Waals surface area contributed by atoms with Crippen LogP contribution in [0, 0.1) is 12.3 Å². The normalized spacial score (nSPS) is 8.17. The molecule has 4 heteroatoms. The number of H-pyrrole nitrogens is 1. The van der Waals surface area contributed by atoms with Crippen molar-refractivity contribution < 1.29 is 9.90 Å². The van der Waals surface area contributed by atoms with Gasteiger partial charge in [0.1, 0.15) is 5.49 Å². The van der Waals surface area contributed by atoms with E-state index in [-0.39, 0.29) is 0 Å². The molecule has 0 spiro atoms. The predicted octanol–water partition coefficient (Wildman–Crippen LogP) is 0.893. The summed E-state index contributed by atoms with van der Waals surface area (Å²) in [6.07, 6.45) is 1.76. The first-order valence-corrected chi connectivity index (χ1v) is 3.42. The minimum absolute atomic E-state index is 0.463. The Balaban J connectivity index is 0.000000261. The van der Waals surface area contributed by atoms with Gasteiger partial charge in [0.25, 0.3) is 5.97 Å². The number of hydrogen-bond acceptors (Lipinski definition) is 2. The lowest BCUT2D eigenvalue weighted by molar-refractivity contribution is -0.134. The van der Waals surface area contributed by atoms with E-state index in [0.29, 0.717) is 5.49 Å². The lowest BCUT2D eigenvalue weighted by atomic mass is 10.3. The van der Waals surface area contributed by atoms with E-state index in [1.165, 1.54) is 0 Å². The smallest absolute Gasteiger partial charge is 0.300 e. The van der Waals surface area contributed by atoms with Crippen LogP contribution in [0.4, 0.5) is 0 Å². The van der Waals surface area contributed by atoms with Gasteiger partial charge in [0.05, 0.1) is 0 Å². The van der Waals surface area contributed by atoms with Crippen LogP contribution in [0.15, 0.2) is 18.3 Å². The summed E-state index contributed by atoms with van der Waals surface area (Å²) in [5, 5.41) is 14.5. The van der Waals surface area contributed by atoms with Gasteiger partial charge in [0.15, 0.2) is 0 Å². The van der Waals surface area contributed by atoms with Gasteiger partial charge in [-0.05, 0) is 24.6 Å². The van der Waals surface area contributed by atoms with E-state index in [4.69, 9.17) is 15.3 Å². The second kappa shape index (κ2) is 5.12. The second-order valence-corrected chi connectivity index (χ2v) is 2.30. The van der Waals surface area contributed by atoms with Crippen LogP contribution < -0.4 is 5.49 Å². The Morgan fingerprint density at radius 3 is 2.42 bits per heavy atom. The summed E-state index contributed by atoms with van der Waals surface area (Å²) in [5.74, 6) is -0.833. The predicted molar refractivity (Wildman–Crippen MR) is 44.7 cm³/mol. The molecular weight excluding hydrogens is 156 g/mol.